The van der Waals surface area contributed by atoms with Gasteiger partial charge in [0.05, 0.1) is 12.9 Å². The lowest BCUT2D eigenvalue weighted by Crippen LogP contribution is -2.56. The van der Waals surface area contributed by atoms with Gasteiger partial charge in [0.15, 0.2) is 34.3 Å². The van der Waals surface area contributed by atoms with Crippen LogP contribution in [-0.2, 0) is 23.7 Å². The molecule has 3 aliphatic heterocycles. The smallest absolute Gasteiger partial charge is 0.181 e. The summed E-state index contributed by atoms with van der Waals surface area (Å²) in [5.41, 5.74) is -1.29. The zero-order valence-electron chi connectivity index (χ0n) is 18.3. The summed E-state index contributed by atoms with van der Waals surface area (Å²) in [6.07, 6.45) is -2.54. The van der Waals surface area contributed by atoms with Gasteiger partial charge in [-0.1, -0.05) is 11.6 Å². The lowest BCUT2D eigenvalue weighted by molar-refractivity contribution is -0.333. The third kappa shape index (κ3) is 3.44. The number of hydrogen-bond acceptors (Lipinski definition) is 8. The van der Waals surface area contributed by atoms with Gasteiger partial charge < -0.3 is 23.7 Å². The topological polar surface area (TPSA) is 89.8 Å². The van der Waals surface area contributed by atoms with Crippen LogP contribution in [-0.4, -0.2) is 67.8 Å². The van der Waals surface area contributed by atoms with Crippen molar-refractivity contribution in [2.45, 2.75) is 89.4 Å². The summed E-state index contributed by atoms with van der Waals surface area (Å²) in [5.74, 6) is -1.41. The zero-order chi connectivity index (χ0) is 22.3. The summed E-state index contributed by atoms with van der Waals surface area (Å²) in [5, 5.41) is 0.193. The molecule has 3 fully saturated rings. The highest BCUT2D eigenvalue weighted by atomic mass is 35.5. The number of hydrogen-bond donors (Lipinski definition) is 0. The van der Waals surface area contributed by atoms with Crippen LogP contribution in [0.1, 0.15) is 46.7 Å². The van der Waals surface area contributed by atoms with E-state index in [-0.39, 0.29) is 11.8 Å². The van der Waals surface area contributed by atoms with E-state index < -0.39 is 47.9 Å². The Kier molecular flexibility index (Phi) is 4.69. The number of nitrogens with zero attached hydrogens (tertiary/aromatic N) is 4. The summed E-state index contributed by atoms with van der Waals surface area (Å²) in [6.45, 7) is 10.5. The Balaban J connectivity index is 1.64. The van der Waals surface area contributed by atoms with E-state index in [2.05, 4.69) is 15.0 Å². The SMILES string of the molecule is Cc1nc(Cl)c2ncn([C@@H]3OC4COC(C)(C)O[C@@H]4[C@@H]4OC(C)(C)OC4C3(C)F)c2n1. The summed E-state index contributed by atoms with van der Waals surface area (Å²) in [4.78, 5) is 12.9. The summed E-state index contributed by atoms with van der Waals surface area (Å²) in [6, 6.07) is 0. The predicted octanol–water partition coefficient (Wildman–Crippen LogP) is 3.09. The van der Waals surface area contributed by atoms with Gasteiger partial charge in [0.1, 0.15) is 35.8 Å². The Morgan fingerprint density at radius 3 is 2.52 bits per heavy atom. The average molecular weight is 457 g/mol. The van der Waals surface area contributed by atoms with Crippen molar-refractivity contribution in [3.05, 3.63) is 17.3 Å². The molecular weight excluding hydrogens is 431 g/mol. The van der Waals surface area contributed by atoms with Crippen molar-refractivity contribution < 1.29 is 28.1 Å². The maximum Gasteiger partial charge on any atom is 0.181 e. The van der Waals surface area contributed by atoms with Gasteiger partial charge in [0.2, 0.25) is 0 Å². The number of ether oxygens (including phenoxy) is 5. The Hall–Kier alpha value is -1.43. The Labute approximate surface area is 184 Å². The molecule has 0 spiro atoms. The van der Waals surface area contributed by atoms with Gasteiger partial charge in [-0.3, -0.25) is 4.57 Å². The maximum atomic E-state index is 16.7. The minimum atomic E-state index is -2.03. The number of aryl methyl sites for hydroxylation is 1. The molecule has 2 aromatic rings. The monoisotopic (exact) mass is 456 g/mol. The van der Waals surface area contributed by atoms with E-state index >= 15 is 4.39 Å². The Morgan fingerprint density at radius 2 is 1.77 bits per heavy atom. The molecular formula is C20H26ClFN4O5. The quantitative estimate of drug-likeness (QED) is 0.605. The lowest BCUT2D eigenvalue weighted by atomic mass is 9.91. The molecule has 9 nitrogen and oxygen atoms in total. The van der Waals surface area contributed by atoms with Gasteiger partial charge in [-0.25, -0.2) is 19.3 Å². The molecule has 5 rings (SSSR count). The first-order valence-corrected chi connectivity index (χ1v) is 10.6. The van der Waals surface area contributed by atoms with E-state index in [0.717, 1.165) is 0 Å². The lowest BCUT2D eigenvalue weighted by Gasteiger charge is -2.42. The molecule has 11 heteroatoms. The molecule has 31 heavy (non-hydrogen) atoms. The first-order chi connectivity index (χ1) is 14.4. The van der Waals surface area contributed by atoms with E-state index in [9.17, 15) is 0 Å². The second-order valence-corrected chi connectivity index (χ2v) is 9.74. The largest absolute Gasteiger partial charge is 0.348 e. The van der Waals surface area contributed by atoms with Crippen LogP contribution in [0.25, 0.3) is 11.2 Å². The van der Waals surface area contributed by atoms with E-state index in [0.29, 0.717) is 17.0 Å². The van der Waals surface area contributed by atoms with Crippen LogP contribution >= 0.6 is 11.6 Å². The highest BCUT2D eigenvalue weighted by Crippen LogP contribution is 2.49. The van der Waals surface area contributed by atoms with Gasteiger partial charge in [-0.2, -0.15) is 0 Å². The van der Waals surface area contributed by atoms with Crippen molar-refractivity contribution >= 4 is 22.8 Å². The van der Waals surface area contributed by atoms with Crippen molar-refractivity contribution in [1.82, 2.24) is 19.5 Å². The van der Waals surface area contributed by atoms with Crippen LogP contribution < -0.4 is 0 Å². The minimum Gasteiger partial charge on any atom is -0.348 e. The third-order valence-electron chi connectivity index (χ3n) is 5.92. The van der Waals surface area contributed by atoms with Gasteiger partial charge >= 0.3 is 0 Å². The van der Waals surface area contributed by atoms with Crippen molar-refractivity contribution in [1.29, 1.82) is 0 Å². The first kappa shape index (κ1) is 21.4. The van der Waals surface area contributed by atoms with Crippen LogP contribution in [0, 0.1) is 6.92 Å². The number of imidazole rings is 1. The number of aromatic nitrogens is 4. The molecule has 3 unspecified atom stereocenters. The van der Waals surface area contributed by atoms with E-state index in [1.165, 1.54) is 17.8 Å². The molecule has 0 saturated carbocycles. The fourth-order valence-corrected chi connectivity index (χ4v) is 4.86. The number of fused-ring (bicyclic) bond motifs is 4. The van der Waals surface area contributed by atoms with Crippen molar-refractivity contribution in [3.8, 4) is 0 Å². The predicted molar refractivity (Wildman–Crippen MR) is 107 cm³/mol. The first-order valence-electron chi connectivity index (χ1n) is 10.3. The summed E-state index contributed by atoms with van der Waals surface area (Å²) in [7, 11) is 0. The molecule has 170 valence electrons. The van der Waals surface area contributed by atoms with Crippen molar-refractivity contribution in [2.24, 2.45) is 0 Å². The maximum absolute atomic E-state index is 16.7. The average Bonchev–Trinajstić information content (AvgIpc) is 3.19. The van der Waals surface area contributed by atoms with Crippen LogP contribution in [0.3, 0.4) is 0 Å². The van der Waals surface area contributed by atoms with E-state index in [1.807, 2.05) is 0 Å². The summed E-state index contributed by atoms with van der Waals surface area (Å²) >= 11 is 6.24. The van der Waals surface area contributed by atoms with Crippen LogP contribution in [0.5, 0.6) is 0 Å². The van der Waals surface area contributed by atoms with Crippen molar-refractivity contribution in [2.75, 3.05) is 6.61 Å². The standard InChI is InChI=1S/C20H26ClFN4O5/c1-9-24-15(21)11-16(25-9)26(8-23-11)17-20(6,22)14-13(30-19(4,5)31-14)12-10(28-17)7-27-18(2,3)29-12/h8,10,12-14,17H,7H2,1-6H3/t10?,12-,13-,14?,17+,20?/m0/s1. The molecule has 0 N–H and O–H groups in total. The molecule has 0 aliphatic carbocycles. The second-order valence-electron chi connectivity index (χ2n) is 9.38. The molecule has 5 heterocycles. The molecule has 3 aliphatic rings. The van der Waals surface area contributed by atoms with Gasteiger partial charge in [0, 0.05) is 0 Å². The Bertz CT molecular complexity index is 1030. The highest BCUT2D eigenvalue weighted by molar-refractivity contribution is 6.33. The molecule has 0 amide bonds. The zero-order valence-corrected chi connectivity index (χ0v) is 19.0. The van der Waals surface area contributed by atoms with Crippen LogP contribution in [0.2, 0.25) is 5.15 Å². The Morgan fingerprint density at radius 1 is 1.06 bits per heavy atom. The van der Waals surface area contributed by atoms with Gasteiger partial charge in [0.25, 0.3) is 0 Å². The van der Waals surface area contributed by atoms with Crippen LogP contribution in [0.15, 0.2) is 6.33 Å². The minimum absolute atomic E-state index is 0.193. The normalized spacial score (nSPS) is 39.2. The fraction of sp³-hybridized carbons (Fsp3) is 0.750. The summed E-state index contributed by atoms with van der Waals surface area (Å²) < 4.78 is 48.7. The molecule has 6 atom stereocenters. The van der Waals surface area contributed by atoms with Gasteiger partial charge in [-0.05, 0) is 41.5 Å². The number of rotatable bonds is 1. The second kappa shape index (κ2) is 6.79. The van der Waals surface area contributed by atoms with Crippen molar-refractivity contribution in [3.63, 3.8) is 0 Å². The fourth-order valence-electron chi connectivity index (χ4n) is 4.61. The molecule has 2 aromatic heterocycles. The van der Waals surface area contributed by atoms with E-state index in [4.69, 9.17) is 35.3 Å². The number of alkyl halides is 1. The molecule has 0 aromatic carbocycles. The van der Waals surface area contributed by atoms with Crippen LogP contribution in [0.4, 0.5) is 4.39 Å². The molecule has 3 saturated heterocycles. The third-order valence-corrected chi connectivity index (χ3v) is 6.18. The van der Waals surface area contributed by atoms with E-state index in [1.54, 1.807) is 34.6 Å². The number of halogens is 2. The molecule has 0 radical (unpaired) electrons. The molecule has 0 bridgehead atoms. The highest BCUT2D eigenvalue weighted by Gasteiger charge is 2.63. The van der Waals surface area contributed by atoms with Gasteiger partial charge in [-0.15, -0.1) is 0 Å².